The van der Waals surface area contributed by atoms with Gasteiger partial charge < -0.3 is 14.8 Å². The van der Waals surface area contributed by atoms with Crippen LogP contribution in [0.25, 0.3) is 0 Å². The second-order valence-electron chi connectivity index (χ2n) is 4.53. The summed E-state index contributed by atoms with van der Waals surface area (Å²) >= 11 is 0. The van der Waals surface area contributed by atoms with Gasteiger partial charge in [-0.15, -0.1) is 8.78 Å². The summed E-state index contributed by atoms with van der Waals surface area (Å²) in [6, 6.07) is 4.00. The molecule has 0 saturated carbocycles. The fourth-order valence-electron chi connectivity index (χ4n) is 1.56. The summed E-state index contributed by atoms with van der Waals surface area (Å²) in [5.41, 5.74) is -0.495. The molecule has 0 fully saturated rings. The summed E-state index contributed by atoms with van der Waals surface area (Å²) in [5.74, 6) is -0.414. The van der Waals surface area contributed by atoms with E-state index in [1.165, 1.54) is 18.2 Å². The third-order valence-corrected chi connectivity index (χ3v) is 2.86. The Balaban J connectivity index is 2.32. The first-order valence-electron chi connectivity index (χ1n) is 5.39. The number of likely N-dealkylation sites (N-methyl/N-ethyl adjacent to an activating group) is 1. The summed E-state index contributed by atoms with van der Waals surface area (Å²) in [4.78, 5) is 12.1. The molecule has 1 aliphatic rings. The number of Topliss-reactive ketones (excluding diaryl/α,β-unsaturated/α-hetero) is 1. The van der Waals surface area contributed by atoms with Crippen LogP contribution in [0.5, 0.6) is 11.5 Å². The number of nitrogens with one attached hydrogen (secondary N) is 1. The SMILES string of the molecule is CNC(C)(C)C(=O)c1ccc2c(c1)OC(F)(F)O2. The van der Waals surface area contributed by atoms with Gasteiger partial charge in [-0.05, 0) is 39.1 Å². The molecule has 1 N–H and O–H groups in total. The standard InChI is InChI=1S/C12H13F2NO3/c1-11(2,15-3)10(16)7-4-5-8-9(6-7)18-12(13,14)17-8/h4-6,15H,1-3H3. The number of halogens is 2. The molecule has 0 aliphatic carbocycles. The van der Waals surface area contributed by atoms with Crippen LogP contribution < -0.4 is 14.8 Å². The summed E-state index contributed by atoms with van der Waals surface area (Å²) < 4.78 is 34.2. The van der Waals surface area contributed by atoms with Crippen LogP contribution in [0.4, 0.5) is 8.78 Å². The lowest BCUT2D eigenvalue weighted by atomic mass is 9.93. The van der Waals surface area contributed by atoms with Crippen LogP contribution in [0, 0.1) is 0 Å². The number of ether oxygens (including phenoxy) is 2. The quantitative estimate of drug-likeness (QED) is 0.843. The summed E-state index contributed by atoms with van der Waals surface area (Å²) in [6.45, 7) is 3.41. The van der Waals surface area contributed by atoms with Crippen molar-refractivity contribution in [3.63, 3.8) is 0 Å². The van der Waals surface area contributed by atoms with E-state index in [4.69, 9.17) is 0 Å². The number of carbonyl (C=O) groups is 1. The molecule has 18 heavy (non-hydrogen) atoms. The molecule has 1 aromatic rings. The van der Waals surface area contributed by atoms with E-state index in [0.29, 0.717) is 0 Å². The van der Waals surface area contributed by atoms with Gasteiger partial charge in [0.2, 0.25) is 0 Å². The first kappa shape index (κ1) is 12.8. The normalized spacial score (nSPS) is 16.7. The number of rotatable bonds is 3. The van der Waals surface area contributed by atoms with Gasteiger partial charge in [0, 0.05) is 5.56 Å². The van der Waals surface area contributed by atoms with Crippen molar-refractivity contribution >= 4 is 5.78 Å². The minimum atomic E-state index is -3.66. The van der Waals surface area contributed by atoms with E-state index in [0.717, 1.165) is 0 Å². The number of hydrogen-bond donors (Lipinski definition) is 1. The summed E-state index contributed by atoms with van der Waals surface area (Å²) in [5, 5.41) is 2.85. The smallest absolute Gasteiger partial charge is 0.395 e. The molecule has 4 nitrogen and oxygen atoms in total. The third-order valence-electron chi connectivity index (χ3n) is 2.86. The topological polar surface area (TPSA) is 47.6 Å². The Morgan fingerprint density at radius 2 is 1.89 bits per heavy atom. The van der Waals surface area contributed by atoms with E-state index < -0.39 is 11.8 Å². The maximum atomic E-state index is 12.8. The lowest BCUT2D eigenvalue weighted by Gasteiger charge is -2.22. The molecule has 2 rings (SSSR count). The number of alkyl halides is 2. The van der Waals surface area contributed by atoms with Gasteiger partial charge in [-0.2, -0.15) is 0 Å². The van der Waals surface area contributed by atoms with Gasteiger partial charge in [-0.25, -0.2) is 0 Å². The zero-order valence-corrected chi connectivity index (χ0v) is 10.2. The van der Waals surface area contributed by atoms with Crippen LogP contribution >= 0.6 is 0 Å². The Labute approximate surface area is 103 Å². The van der Waals surface area contributed by atoms with Gasteiger partial charge in [-0.3, -0.25) is 4.79 Å². The van der Waals surface area contributed by atoms with Gasteiger partial charge in [0.05, 0.1) is 5.54 Å². The molecule has 0 aromatic heterocycles. The third kappa shape index (κ3) is 2.15. The van der Waals surface area contributed by atoms with Gasteiger partial charge >= 0.3 is 6.29 Å². The highest BCUT2D eigenvalue weighted by molar-refractivity contribution is 6.03. The molecule has 1 heterocycles. The highest BCUT2D eigenvalue weighted by atomic mass is 19.3. The molecule has 0 saturated heterocycles. The average molecular weight is 257 g/mol. The lowest BCUT2D eigenvalue weighted by molar-refractivity contribution is -0.286. The van der Waals surface area contributed by atoms with Crippen molar-refractivity contribution in [3.05, 3.63) is 23.8 Å². The second-order valence-corrected chi connectivity index (χ2v) is 4.53. The van der Waals surface area contributed by atoms with Crippen LogP contribution in [0.3, 0.4) is 0 Å². The van der Waals surface area contributed by atoms with Gasteiger partial charge in [0.15, 0.2) is 17.3 Å². The molecule has 0 amide bonds. The summed E-state index contributed by atoms with van der Waals surface area (Å²) in [7, 11) is 1.65. The Bertz CT molecular complexity index is 500. The Kier molecular flexibility index (Phi) is 2.77. The zero-order chi connectivity index (χ0) is 13.6. The largest absolute Gasteiger partial charge is 0.586 e. The number of ketones is 1. The Morgan fingerprint density at radius 1 is 1.28 bits per heavy atom. The maximum absolute atomic E-state index is 12.8. The minimum absolute atomic E-state index is 0.0705. The van der Waals surface area contributed by atoms with Gasteiger partial charge in [-0.1, -0.05) is 0 Å². The van der Waals surface area contributed by atoms with Crippen LogP contribution in [0.15, 0.2) is 18.2 Å². The fraction of sp³-hybridized carbons (Fsp3) is 0.417. The predicted molar refractivity (Wildman–Crippen MR) is 60.1 cm³/mol. The molecular formula is C12H13F2NO3. The van der Waals surface area contributed by atoms with Crippen LogP contribution in [-0.2, 0) is 0 Å². The van der Waals surface area contributed by atoms with Crippen molar-refractivity contribution < 1.29 is 23.0 Å². The highest BCUT2D eigenvalue weighted by Gasteiger charge is 2.43. The van der Waals surface area contributed by atoms with Crippen LogP contribution in [0.2, 0.25) is 0 Å². The summed E-state index contributed by atoms with van der Waals surface area (Å²) in [6.07, 6.45) is -3.66. The average Bonchev–Trinajstić information content (AvgIpc) is 2.60. The van der Waals surface area contributed by atoms with E-state index in [1.54, 1.807) is 20.9 Å². The predicted octanol–water partition coefficient (Wildman–Crippen LogP) is 2.19. The van der Waals surface area contributed by atoms with Crippen LogP contribution in [0.1, 0.15) is 24.2 Å². The van der Waals surface area contributed by atoms with Crippen molar-refractivity contribution in [2.75, 3.05) is 7.05 Å². The molecule has 1 aliphatic heterocycles. The number of hydrogen-bond acceptors (Lipinski definition) is 4. The molecular weight excluding hydrogens is 244 g/mol. The lowest BCUT2D eigenvalue weighted by Crippen LogP contribution is -2.44. The van der Waals surface area contributed by atoms with E-state index in [-0.39, 0.29) is 22.8 Å². The van der Waals surface area contributed by atoms with E-state index in [2.05, 4.69) is 14.8 Å². The first-order chi connectivity index (χ1) is 8.25. The number of carbonyl (C=O) groups excluding carboxylic acids is 1. The monoisotopic (exact) mass is 257 g/mol. The van der Waals surface area contributed by atoms with E-state index in [1.807, 2.05) is 0 Å². The first-order valence-corrected chi connectivity index (χ1v) is 5.39. The molecule has 0 atom stereocenters. The molecule has 98 valence electrons. The van der Waals surface area contributed by atoms with E-state index in [9.17, 15) is 13.6 Å². The molecule has 0 radical (unpaired) electrons. The molecule has 1 aromatic carbocycles. The van der Waals surface area contributed by atoms with Crippen molar-refractivity contribution in [3.8, 4) is 11.5 Å². The Hall–Kier alpha value is -1.69. The highest BCUT2D eigenvalue weighted by Crippen LogP contribution is 2.41. The molecule has 6 heteroatoms. The second kappa shape index (κ2) is 3.91. The zero-order valence-electron chi connectivity index (χ0n) is 10.2. The molecule has 0 spiro atoms. The van der Waals surface area contributed by atoms with Gasteiger partial charge in [0.1, 0.15) is 0 Å². The number of fused-ring (bicyclic) bond motifs is 1. The number of benzene rings is 1. The molecule has 0 unspecified atom stereocenters. The van der Waals surface area contributed by atoms with Crippen LogP contribution in [-0.4, -0.2) is 24.7 Å². The van der Waals surface area contributed by atoms with Gasteiger partial charge in [0.25, 0.3) is 0 Å². The fourth-order valence-corrected chi connectivity index (χ4v) is 1.56. The van der Waals surface area contributed by atoms with Crippen molar-refractivity contribution in [2.45, 2.75) is 25.7 Å². The minimum Gasteiger partial charge on any atom is -0.395 e. The maximum Gasteiger partial charge on any atom is 0.586 e. The Morgan fingerprint density at radius 3 is 2.50 bits per heavy atom. The van der Waals surface area contributed by atoms with E-state index >= 15 is 0 Å². The van der Waals surface area contributed by atoms with Crippen molar-refractivity contribution in [1.82, 2.24) is 5.32 Å². The van der Waals surface area contributed by atoms with Crippen molar-refractivity contribution in [2.24, 2.45) is 0 Å². The molecule has 0 bridgehead atoms. The van der Waals surface area contributed by atoms with Crippen molar-refractivity contribution in [1.29, 1.82) is 0 Å².